The molecule has 1 heterocycles. The van der Waals surface area contributed by atoms with Crippen molar-refractivity contribution < 1.29 is 4.74 Å². The summed E-state index contributed by atoms with van der Waals surface area (Å²) >= 11 is 5.98. The molecule has 0 amide bonds. The first-order chi connectivity index (χ1) is 8.79. The summed E-state index contributed by atoms with van der Waals surface area (Å²) in [5.74, 6) is 0.788. The average Bonchev–Trinajstić information content (AvgIpc) is 2.40. The molecule has 1 N–H and O–H groups in total. The van der Waals surface area contributed by atoms with Crippen molar-refractivity contribution in [3.63, 3.8) is 0 Å². The van der Waals surface area contributed by atoms with E-state index in [2.05, 4.69) is 15.3 Å². The van der Waals surface area contributed by atoms with Gasteiger partial charge in [0.25, 0.3) is 0 Å². The zero-order chi connectivity index (χ0) is 12.8. The zero-order valence-electron chi connectivity index (χ0n) is 10.1. The molecule has 0 aliphatic rings. The van der Waals surface area contributed by atoms with Crippen molar-refractivity contribution in [2.45, 2.75) is 13.5 Å². The molecule has 0 unspecified atom stereocenters. The van der Waals surface area contributed by atoms with E-state index in [9.17, 15) is 0 Å². The minimum Gasteiger partial charge on any atom is -0.492 e. The molecule has 94 valence electrons. The zero-order valence-corrected chi connectivity index (χ0v) is 10.8. The van der Waals surface area contributed by atoms with Crippen LogP contribution in [0.4, 0.5) is 5.69 Å². The molecule has 0 saturated carbocycles. The molecule has 2 rings (SSSR count). The quantitative estimate of drug-likeness (QED) is 0.900. The Kier molecular flexibility index (Phi) is 4.36. The third kappa shape index (κ3) is 3.34. The van der Waals surface area contributed by atoms with Crippen molar-refractivity contribution in [1.82, 2.24) is 9.97 Å². The van der Waals surface area contributed by atoms with Crippen molar-refractivity contribution in [2.75, 3.05) is 11.9 Å². The Morgan fingerprint density at radius 2 is 2.22 bits per heavy atom. The molecule has 0 fully saturated rings. The first-order valence-electron chi connectivity index (χ1n) is 5.70. The second-order valence-corrected chi connectivity index (χ2v) is 4.06. The van der Waals surface area contributed by atoms with Crippen molar-refractivity contribution in [2.24, 2.45) is 0 Å². The van der Waals surface area contributed by atoms with Crippen LogP contribution in [0, 0.1) is 0 Å². The van der Waals surface area contributed by atoms with E-state index in [-0.39, 0.29) is 0 Å². The largest absolute Gasteiger partial charge is 0.492 e. The smallest absolute Gasteiger partial charge is 0.142 e. The number of halogens is 1. The average molecular weight is 264 g/mol. The van der Waals surface area contributed by atoms with Gasteiger partial charge in [0.15, 0.2) is 0 Å². The molecule has 0 atom stereocenters. The summed E-state index contributed by atoms with van der Waals surface area (Å²) in [4.78, 5) is 8.02. The van der Waals surface area contributed by atoms with Crippen molar-refractivity contribution in [1.29, 1.82) is 0 Å². The lowest BCUT2D eigenvalue weighted by Gasteiger charge is -2.12. The molecule has 0 aliphatic heterocycles. The molecule has 0 aliphatic carbocycles. The van der Waals surface area contributed by atoms with E-state index in [1.807, 2.05) is 31.2 Å². The number of hydrogen-bond acceptors (Lipinski definition) is 4. The van der Waals surface area contributed by atoms with Crippen LogP contribution in [0.2, 0.25) is 5.02 Å². The van der Waals surface area contributed by atoms with Gasteiger partial charge in [0.05, 0.1) is 24.5 Å². The molecule has 5 heteroatoms. The van der Waals surface area contributed by atoms with Gasteiger partial charge >= 0.3 is 0 Å². The van der Waals surface area contributed by atoms with Crippen LogP contribution in [0.25, 0.3) is 0 Å². The van der Waals surface area contributed by atoms with Gasteiger partial charge in [-0.2, -0.15) is 0 Å². The number of hydrogen-bond donors (Lipinski definition) is 1. The Hall–Kier alpha value is -1.81. The number of ether oxygens (including phenoxy) is 1. The Labute approximate surface area is 111 Å². The second-order valence-electron chi connectivity index (χ2n) is 3.63. The minimum absolute atomic E-state index is 0.600. The minimum atomic E-state index is 0.600. The summed E-state index contributed by atoms with van der Waals surface area (Å²) in [6.45, 7) is 3.16. The summed E-state index contributed by atoms with van der Waals surface area (Å²) in [6, 6.07) is 7.36. The first kappa shape index (κ1) is 12.6. The van der Waals surface area contributed by atoms with Crippen LogP contribution in [0.1, 0.15) is 12.6 Å². The number of nitrogens with zero attached hydrogens (tertiary/aromatic N) is 2. The predicted molar refractivity (Wildman–Crippen MR) is 72.0 cm³/mol. The van der Waals surface area contributed by atoms with E-state index in [0.29, 0.717) is 18.2 Å². The maximum atomic E-state index is 5.98. The van der Waals surface area contributed by atoms with E-state index in [4.69, 9.17) is 16.3 Å². The van der Waals surface area contributed by atoms with Crippen LogP contribution in [0.15, 0.2) is 36.8 Å². The van der Waals surface area contributed by atoms with Crippen LogP contribution in [-0.2, 0) is 6.54 Å². The fourth-order valence-corrected chi connectivity index (χ4v) is 1.70. The number of anilines is 1. The molecule has 2 aromatic rings. The van der Waals surface area contributed by atoms with Gasteiger partial charge in [-0.05, 0) is 31.2 Å². The Balaban J connectivity index is 2.10. The molecule has 0 spiro atoms. The van der Waals surface area contributed by atoms with E-state index < -0.39 is 0 Å². The summed E-state index contributed by atoms with van der Waals surface area (Å²) in [6.07, 6.45) is 3.24. The Morgan fingerprint density at radius 1 is 1.33 bits per heavy atom. The topological polar surface area (TPSA) is 47.0 Å². The highest BCUT2D eigenvalue weighted by Crippen LogP contribution is 2.28. The van der Waals surface area contributed by atoms with Gasteiger partial charge in [0, 0.05) is 11.2 Å². The molecule has 18 heavy (non-hydrogen) atoms. The van der Waals surface area contributed by atoms with Crippen molar-refractivity contribution >= 4 is 17.3 Å². The molecular weight excluding hydrogens is 250 g/mol. The van der Waals surface area contributed by atoms with Gasteiger partial charge in [0.1, 0.15) is 12.1 Å². The number of rotatable bonds is 5. The summed E-state index contributed by atoms with van der Waals surface area (Å²) in [5.41, 5.74) is 1.77. The normalized spacial score (nSPS) is 10.1. The summed E-state index contributed by atoms with van der Waals surface area (Å²) in [5, 5.41) is 3.93. The van der Waals surface area contributed by atoms with E-state index in [1.165, 1.54) is 6.33 Å². The van der Waals surface area contributed by atoms with Crippen molar-refractivity contribution in [3.05, 3.63) is 47.5 Å². The van der Waals surface area contributed by atoms with Crippen molar-refractivity contribution in [3.8, 4) is 5.75 Å². The lowest BCUT2D eigenvalue weighted by atomic mass is 10.3. The van der Waals surface area contributed by atoms with Gasteiger partial charge in [-0.3, -0.25) is 0 Å². The molecule has 1 aromatic heterocycles. The van der Waals surface area contributed by atoms with Gasteiger partial charge in [-0.25, -0.2) is 9.97 Å². The molecule has 0 saturated heterocycles. The second kappa shape index (κ2) is 6.21. The molecule has 4 nitrogen and oxygen atoms in total. The van der Waals surface area contributed by atoms with Crippen LogP contribution >= 0.6 is 11.6 Å². The highest BCUT2D eigenvalue weighted by atomic mass is 35.5. The Morgan fingerprint density at radius 3 is 2.94 bits per heavy atom. The van der Waals surface area contributed by atoms with Crippen LogP contribution < -0.4 is 10.1 Å². The number of aromatic nitrogens is 2. The van der Waals surface area contributed by atoms with E-state index in [1.54, 1.807) is 6.20 Å². The third-order valence-electron chi connectivity index (χ3n) is 2.34. The first-order valence-corrected chi connectivity index (χ1v) is 6.08. The standard InChI is InChI=1S/C13H14ClN3O/c1-2-18-13-4-3-10(14)7-12(13)16-8-11-5-6-15-9-17-11/h3-7,9,16H,2,8H2,1H3. The molecular formula is C13H14ClN3O. The van der Waals surface area contributed by atoms with Gasteiger partial charge in [-0.15, -0.1) is 0 Å². The van der Waals surface area contributed by atoms with Crippen LogP contribution in [0.3, 0.4) is 0 Å². The maximum Gasteiger partial charge on any atom is 0.142 e. The highest BCUT2D eigenvalue weighted by molar-refractivity contribution is 6.30. The Bertz CT molecular complexity index is 505. The van der Waals surface area contributed by atoms with Crippen LogP contribution in [0.5, 0.6) is 5.75 Å². The highest BCUT2D eigenvalue weighted by Gasteiger charge is 2.04. The predicted octanol–water partition coefficient (Wildman–Crippen LogP) is 3.14. The SMILES string of the molecule is CCOc1ccc(Cl)cc1NCc1ccncn1. The summed E-state index contributed by atoms with van der Waals surface area (Å²) < 4.78 is 5.53. The maximum absolute atomic E-state index is 5.98. The van der Waals surface area contributed by atoms with E-state index >= 15 is 0 Å². The fraction of sp³-hybridized carbons (Fsp3) is 0.231. The molecule has 0 radical (unpaired) electrons. The molecule has 1 aromatic carbocycles. The van der Waals surface area contributed by atoms with Crippen LogP contribution in [-0.4, -0.2) is 16.6 Å². The monoisotopic (exact) mass is 263 g/mol. The lowest BCUT2D eigenvalue weighted by Crippen LogP contribution is -2.04. The third-order valence-corrected chi connectivity index (χ3v) is 2.58. The van der Waals surface area contributed by atoms with E-state index in [0.717, 1.165) is 17.1 Å². The molecule has 0 bridgehead atoms. The fourth-order valence-electron chi connectivity index (χ4n) is 1.53. The summed E-state index contributed by atoms with van der Waals surface area (Å²) in [7, 11) is 0. The van der Waals surface area contributed by atoms with Gasteiger partial charge < -0.3 is 10.1 Å². The lowest BCUT2D eigenvalue weighted by molar-refractivity contribution is 0.341. The van der Waals surface area contributed by atoms with Gasteiger partial charge in [-0.1, -0.05) is 11.6 Å². The number of nitrogens with one attached hydrogen (secondary N) is 1. The number of benzene rings is 1. The van der Waals surface area contributed by atoms with Gasteiger partial charge in [0.2, 0.25) is 0 Å².